The highest BCUT2D eigenvalue weighted by Gasteiger charge is 2.68. The minimum Gasteiger partial charge on any atom is -0.314 e. The van der Waals surface area contributed by atoms with Crippen molar-refractivity contribution in [2.24, 2.45) is 0 Å². The lowest BCUT2D eigenvalue weighted by atomic mass is 10.1. The predicted octanol–water partition coefficient (Wildman–Crippen LogP) is 3.08. The Bertz CT molecular complexity index is 936. The number of nitrogens with zero attached hydrogens (tertiary/aromatic N) is 1. The molecular weight excluding hydrogens is 399 g/mol. The van der Waals surface area contributed by atoms with Gasteiger partial charge in [-0.05, 0) is 23.8 Å². The summed E-state index contributed by atoms with van der Waals surface area (Å²) in [7, 11) is 0. The van der Waals surface area contributed by atoms with E-state index in [1.165, 1.54) is 36.4 Å². The number of imide groups is 1. The Hall–Kier alpha value is -3.07. The molecule has 1 aliphatic rings. The number of halogens is 4. The summed E-state index contributed by atoms with van der Waals surface area (Å²) < 4.78 is 41.4. The molecule has 0 bridgehead atoms. The van der Waals surface area contributed by atoms with Gasteiger partial charge in [0.15, 0.2) is 0 Å². The molecule has 0 aromatic heterocycles. The van der Waals surface area contributed by atoms with Gasteiger partial charge in [0.1, 0.15) is 0 Å². The monoisotopic (exact) mass is 411 g/mol. The number of hydrogen-bond donors (Lipinski definition) is 2. The Morgan fingerprint density at radius 1 is 1.07 bits per heavy atom. The molecule has 1 atom stereocenters. The standard InChI is InChI=1S/C18H13ClF3N3O3/c19-13-9-5-4-8-12(13)10-25-15(27)17(18(20,21)22,24-16(25)28)23-14(26)11-6-2-1-3-7-11/h1-9H,10H2,(H,23,26)(H,24,28). The van der Waals surface area contributed by atoms with Crippen LogP contribution in [0.3, 0.4) is 0 Å². The Balaban J connectivity index is 1.93. The second-order valence-electron chi connectivity index (χ2n) is 5.98. The molecule has 0 saturated carbocycles. The molecule has 0 spiro atoms. The average Bonchev–Trinajstić information content (AvgIpc) is 2.89. The van der Waals surface area contributed by atoms with Crippen LogP contribution in [-0.4, -0.2) is 34.6 Å². The number of rotatable bonds is 4. The third kappa shape index (κ3) is 3.40. The van der Waals surface area contributed by atoms with Crippen molar-refractivity contribution < 1.29 is 27.6 Å². The van der Waals surface area contributed by atoms with Crippen molar-refractivity contribution in [3.05, 3.63) is 70.7 Å². The third-order valence-corrected chi connectivity index (χ3v) is 4.52. The van der Waals surface area contributed by atoms with Crippen LogP contribution >= 0.6 is 11.6 Å². The van der Waals surface area contributed by atoms with Crippen LogP contribution in [0.4, 0.5) is 18.0 Å². The van der Waals surface area contributed by atoms with Crippen LogP contribution in [0.2, 0.25) is 5.02 Å². The molecule has 2 aromatic carbocycles. The molecule has 4 amide bonds. The number of alkyl halides is 3. The zero-order chi connectivity index (χ0) is 20.5. The van der Waals surface area contributed by atoms with Crippen LogP contribution in [-0.2, 0) is 11.3 Å². The van der Waals surface area contributed by atoms with Gasteiger partial charge in [0.25, 0.3) is 17.5 Å². The zero-order valence-electron chi connectivity index (χ0n) is 14.1. The molecule has 2 aromatic rings. The van der Waals surface area contributed by atoms with Gasteiger partial charge in [-0.15, -0.1) is 0 Å². The summed E-state index contributed by atoms with van der Waals surface area (Å²) in [5.41, 5.74) is -3.39. The topological polar surface area (TPSA) is 78.5 Å². The maximum absolute atomic E-state index is 13.8. The molecule has 3 rings (SSSR count). The van der Waals surface area contributed by atoms with E-state index < -0.39 is 36.2 Å². The molecule has 6 nitrogen and oxygen atoms in total. The zero-order valence-corrected chi connectivity index (χ0v) is 14.8. The summed E-state index contributed by atoms with van der Waals surface area (Å²) in [5, 5.41) is 3.41. The fourth-order valence-corrected chi connectivity index (χ4v) is 2.89. The molecule has 2 N–H and O–H groups in total. The summed E-state index contributed by atoms with van der Waals surface area (Å²) in [4.78, 5) is 37.4. The molecule has 10 heteroatoms. The summed E-state index contributed by atoms with van der Waals surface area (Å²) in [6, 6.07) is 11.8. The summed E-state index contributed by atoms with van der Waals surface area (Å²) in [5.74, 6) is -2.81. The summed E-state index contributed by atoms with van der Waals surface area (Å²) in [6.07, 6.45) is -5.28. The van der Waals surface area contributed by atoms with Gasteiger partial charge in [-0.25, -0.2) is 4.79 Å². The van der Waals surface area contributed by atoms with Gasteiger partial charge in [-0.3, -0.25) is 19.8 Å². The molecule has 0 radical (unpaired) electrons. The molecule has 1 unspecified atom stereocenters. The van der Waals surface area contributed by atoms with E-state index in [0.717, 1.165) is 0 Å². The number of urea groups is 1. The van der Waals surface area contributed by atoms with Gasteiger partial charge >= 0.3 is 12.2 Å². The highest BCUT2D eigenvalue weighted by Crippen LogP contribution is 2.35. The van der Waals surface area contributed by atoms with E-state index >= 15 is 0 Å². The van der Waals surface area contributed by atoms with Crippen molar-refractivity contribution >= 4 is 29.4 Å². The van der Waals surface area contributed by atoms with Crippen molar-refractivity contribution in [1.82, 2.24) is 15.5 Å². The van der Waals surface area contributed by atoms with Crippen molar-refractivity contribution in [2.45, 2.75) is 18.4 Å². The molecule has 1 saturated heterocycles. The van der Waals surface area contributed by atoms with Crippen molar-refractivity contribution in [3.8, 4) is 0 Å². The van der Waals surface area contributed by atoms with Crippen molar-refractivity contribution in [2.75, 3.05) is 0 Å². The second-order valence-corrected chi connectivity index (χ2v) is 6.39. The first-order valence-electron chi connectivity index (χ1n) is 7.97. The first-order chi connectivity index (χ1) is 13.2. The SMILES string of the molecule is O=C(NC1(C(F)(F)F)NC(=O)N(Cc2ccccc2Cl)C1=O)c1ccccc1. The van der Waals surface area contributed by atoms with Crippen LogP contribution in [0.5, 0.6) is 0 Å². The molecule has 146 valence electrons. The van der Waals surface area contributed by atoms with Gasteiger partial charge in [0.2, 0.25) is 0 Å². The first-order valence-corrected chi connectivity index (χ1v) is 8.35. The fourth-order valence-electron chi connectivity index (χ4n) is 2.70. The number of benzene rings is 2. The summed E-state index contributed by atoms with van der Waals surface area (Å²) in [6.45, 7) is -0.483. The van der Waals surface area contributed by atoms with Crippen molar-refractivity contribution in [3.63, 3.8) is 0 Å². The van der Waals surface area contributed by atoms with Gasteiger partial charge in [-0.2, -0.15) is 13.2 Å². The van der Waals surface area contributed by atoms with Crippen LogP contribution in [0.1, 0.15) is 15.9 Å². The van der Waals surface area contributed by atoms with Gasteiger partial charge in [0, 0.05) is 10.6 Å². The smallest absolute Gasteiger partial charge is 0.314 e. The van der Waals surface area contributed by atoms with Gasteiger partial charge in [-0.1, -0.05) is 48.0 Å². The van der Waals surface area contributed by atoms with Gasteiger partial charge < -0.3 is 5.32 Å². The maximum atomic E-state index is 13.8. The van der Waals surface area contributed by atoms with E-state index in [4.69, 9.17) is 11.6 Å². The fraction of sp³-hybridized carbons (Fsp3) is 0.167. The van der Waals surface area contributed by atoms with Crippen LogP contribution in [0, 0.1) is 0 Å². The highest BCUT2D eigenvalue weighted by molar-refractivity contribution is 6.31. The first kappa shape index (κ1) is 19.7. The number of carbonyl (C=O) groups is 3. The van der Waals surface area contributed by atoms with Crippen LogP contribution < -0.4 is 10.6 Å². The van der Waals surface area contributed by atoms with Crippen molar-refractivity contribution in [1.29, 1.82) is 0 Å². The lowest BCUT2D eigenvalue weighted by molar-refractivity contribution is -0.200. The second kappa shape index (κ2) is 7.16. The van der Waals surface area contributed by atoms with E-state index in [9.17, 15) is 27.6 Å². The minimum absolute atomic E-state index is 0.0993. The minimum atomic E-state index is -5.28. The number of nitrogens with one attached hydrogen (secondary N) is 2. The summed E-state index contributed by atoms with van der Waals surface area (Å²) >= 11 is 5.96. The Labute approximate surface area is 162 Å². The Morgan fingerprint density at radius 3 is 2.29 bits per heavy atom. The highest BCUT2D eigenvalue weighted by atomic mass is 35.5. The quantitative estimate of drug-likeness (QED) is 0.759. The third-order valence-electron chi connectivity index (χ3n) is 4.15. The number of amides is 4. The Morgan fingerprint density at radius 2 is 1.68 bits per heavy atom. The molecule has 1 heterocycles. The number of hydrogen-bond acceptors (Lipinski definition) is 3. The molecule has 1 aliphatic heterocycles. The Kier molecular flexibility index (Phi) is 5.03. The van der Waals surface area contributed by atoms with E-state index in [2.05, 4.69) is 0 Å². The lowest BCUT2D eigenvalue weighted by Gasteiger charge is -2.29. The normalized spacial score (nSPS) is 19.5. The average molecular weight is 412 g/mol. The van der Waals surface area contributed by atoms with Gasteiger partial charge in [0.05, 0.1) is 6.54 Å². The largest absolute Gasteiger partial charge is 0.440 e. The van der Waals surface area contributed by atoms with E-state index in [0.29, 0.717) is 4.90 Å². The van der Waals surface area contributed by atoms with E-state index in [1.807, 2.05) is 0 Å². The number of carbonyl (C=O) groups excluding carboxylic acids is 3. The van der Waals surface area contributed by atoms with E-state index in [1.54, 1.807) is 28.8 Å². The molecule has 1 fully saturated rings. The lowest BCUT2D eigenvalue weighted by Crippen LogP contribution is -2.69. The van der Waals surface area contributed by atoms with Crippen LogP contribution in [0.15, 0.2) is 54.6 Å². The predicted molar refractivity (Wildman–Crippen MR) is 93.2 cm³/mol. The van der Waals surface area contributed by atoms with E-state index in [-0.39, 0.29) is 16.1 Å². The maximum Gasteiger partial charge on any atom is 0.440 e. The molecule has 28 heavy (non-hydrogen) atoms. The van der Waals surface area contributed by atoms with Crippen LogP contribution in [0.25, 0.3) is 0 Å². The molecule has 0 aliphatic carbocycles. The molecular formula is C18H13ClF3N3O3.